The van der Waals surface area contributed by atoms with Gasteiger partial charge in [-0.3, -0.25) is 4.79 Å². The molecule has 3 fully saturated rings. The number of carbonyl (C=O) groups excluding carboxylic acids is 1. The molecule has 5 heterocycles. The lowest BCUT2D eigenvalue weighted by Crippen LogP contribution is -2.57. The van der Waals surface area contributed by atoms with Crippen molar-refractivity contribution in [1.82, 2.24) is 14.6 Å². The van der Waals surface area contributed by atoms with Crippen molar-refractivity contribution in [2.45, 2.75) is 45.1 Å². The molecule has 3 aliphatic rings. The molecule has 3 saturated heterocycles. The third-order valence-electron chi connectivity index (χ3n) is 7.89. The van der Waals surface area contributed by atoms with Crippen molar-refractivity contribution in [2.24, 2.45) is 5.92 Å². The molecular weight excluding hydrogens is 418 g/mol. The smallest absolute Gasteiger partial charge is 0.253 e. The Morgan fingerprint density at radius 1 is 0.941 bits per heavy atom. The summed E-state index contributed by atoms with van der Waals surface area (Å²) >= 11 is 0. The van der Waals surface area contributed by atoms with Gasteiger partial charge in [0.2, 0.25) is 0 Å². The maximum atomic E-state index is 13.4. The van der Waals surface area contributed by atoms with E-state index in [0.29, 0.717) is 5.92 Å². The van der Waals surface area contributed by atoms with E-state index in [4.69, 9.17) is 0 Å². The number of hydrogen-bond donors (Lipinski definition) is 1. The molecule has 0 aliphatic carbocycles. The highest BCUT2D eigenvalue weighted by molar-refractivity contribution is 6.00. The summed E-state index contributed by atoms with van der Waals surface area (Å²) in [5, 5.41) is 4.54. The summed E-state index contributed by atoms with van der Waals surface area (Å²) in [6.45, 7) is 10.1. The summed E-state index contributed by atoms with van der Waals surface area (Å²) in [5.74, 6) is 0.657. The minimum Gasteiger partial charge on any atom is -0.348 e. The molecule has 0 saturated carbocycles. The van der Waals surface area contributed by atoms with Crippen molar-refractivity contribution in [3.63, 3.8) is 0 Å². The van der Waals surface area contributed by atoms with Crippen LogP contribution in [0.4, 0.5) is 0 Å². The number of hydrogen-bond acceptors (Lipinski definition) is 2. The Labute approximate surface area is 201 Å². The van der Waals surface area contributed by atoms with E-state index in [1.54, 1.807) is 0 Å². The Kier molecular flexibility index (Phi) is 5.03. The Morgan fingerprint density at radius 2 is 1.68 bits per heavy atom. The summed E-state index contributed by atoms with van der Waals surface area (Å²) in [6, 6.07) is 21.9. The van der Waals surface area contributed by atoms with Gasteiger partial charge in [-0.25, -0.2) is 0 Å². The number of piperidine rings is 3. The standard InChI is InChI=1S/C30H33N3O/c1-30(2,3)24-10-8-20(9-11-24)25-16-22-6-4-5-7-27(22)33-18-23(17-28(25)33)29(34)31-26-19-32-14-12-21(26)13-15-32/h4-11,16-18,21,26H,12-15,19H2,1-3H3,(H,31,34)/t26-/m0/s1. The number of fused-ring (bicyclic) bond motifs is 6. The average Bonchev–Trinajstić information content (AvgIpc) is 3.30. The van der Waals surface area contributed by atoms with Crippen molar-refractivity contribution < 1.29 is 4.79 Å². The van der Waals surface area contributed by atoms with Crippen LogP contribution in [0.15, 0.2) is 66.9 Å². The molecule has 4 nitrogen and oxygen atoms in total. The van der Waals surface area contributed by atoms with Gasteiger partial charge < -0.3 is 14.6 Å². The van der Waals surface area contributed by atoms with E-state index in [1.165, 1.54) is 42.4 Å². The third kappa shape index (κ3) is 3.70. The number of pyridine rings is 1. The van der Waals surface area contributed by atoms with Gasteiger partial charge in [-0.15, -0.1) is 0 Å². The fourth-order valence-electron chi connectivity index (χ4n) is 5.81. The Balaban J connectivity index is 1.41. The molecule has 0 radical (unpaired) electrons. The maximum Gasteiger partial charge on any atom is 0.253 e. The number of carbonyl (C=O) groups is 1. The topological polar surface area (TPSA) is 36.8 Å². The normalized spacial score (nSPS) is 22.4. The Morgan fingerprint density at radius 3 is 2.35 bits per heavy atom. The first-order valence-electron chi connectivity index (χ1n) is 12.5. The van der Waals surface area contributed by atoms with Gasteiger partial charge in [-0.05, 0) is 72.0 Å². The molecule has 2 aromatic carbocycles. The zero-order chi connectivity index (χ0) is 23.4. The van der Waals surface area contributed by atoms with Gasteiger partial charge >= 0.3 is 0 Å². The molecule has 1 N–H and O–H groups in total. The highest BCUT2D eigenvalue weighted by Gasteiger charge is 2.35. The van der Waals surface area contributed by atoms with Crippen molar-refractivity contribution in [3.8, 4) is 11.1 Å². The van der Waals surface area contributed by atoms with Crippen LogP contribution in [0.5, 0.6) is 0 Å². The number of nitrogens with one attached hydrogen (secondary N) is 1. The van der Waals surface area contributed by atoms with Gasteiger partial charge in [-0.2, -0.15) is 0 Å². The zero-order valence-electron chi connectivity index (χ0n) is 20.3. The molecule has 1 atom stereocenters. The summed E-state index contributed by atoms with van der Waals surface area (Å²) in [4.78, 5) is 15.8. The van der Waals surface area contributed by atoms with Gasteiger partial charge in [0.15, 0.2) is 0 Å². The largest absolute Gasteiger partial charge is 0.348 e. The first kappa shape index (κ1) is 21.4. The lowest BCUT2D eigenvalue weighted by atomic mass is 9.84. The maximum absolute atomic E-state index is 13.4. The van der Waals surface area contributed by atoms with Crippen molar-refractivity contribution in [3.05, 3.63) is 78.0 Å². The second-order valence-electron chi connectivity index (χ2n) is 11.1. The Hall–Kier alpha value is -3.11. The molecule has 0 spiro atoms. The molecule has 0 unspecified atom stereocenters. The van der Waals surface area contributed by atoms with Crippen molar-refractivity contribution >= 4 is 22.3 Å². The van der Waals surface area contributed by atoms with Gasteiger partial charge in [0.25, 0.3) is 5.91 Å². The highest BCUT2D eigenvalue weighted by Crippen LogP contribution is 2.33. The lowest BCUT2D eigenvalue weighted by molar-refractivity contribution is 0.0620. The van der Waals surface area contributed by atoms with E-state index in [9.17, 15) is 4.79 Å². The molecule has 174 valence electrons. The molecular formula is C30H33N3O. The van der Waals surface area contributed by atoms with E-state index >= 15 is 0 Å². The number of para-hydroxylation sites is 1. The number of benzene rings is 2. The van der Waals surface area contributed by atoms with E-state index in [1.807, 2.05) is 6.20 Å². The molecule has 2 aromatic heterocycles. The second-order valence-corrected chi connectivity index (χ2v) is 11.1. The van der Waals surface area contributed by atoms with Gasteiger partial charge in [0.1, 0.15) is 0 Å². The van der Waals surface area contributed by atoms with Crippen LogP contribution >= 0.6 is 0 Å². The zero-order valence-corrected chi connectivity index (χ0v) is 20.3. The van der Waals surface area contributed by atoms with Crippen LogP contribution in [0.1, 0.15) is 49.5 Å². The highest BCUT2D eigenvalue weighted by atomic mass is 16.1. The van der Waals surface area contributed by atoms with E-state index < -0.39 is 0 Å². The van der Waals surface area contributed by atoms with Crippen LogP contribution in [0, 0.1) is 5.92 Å². The van der Waals surface area contributed by atoms with Gasteiger partial charge in [0.05, 0.1) is 16.6 Å². The molecule has 4 heteroatoms. The summed E-state index contributed by atoms with van der Waals surface area (Å²) in [7, 11) is 0. The number of amides is 1. The van der Waals surface area contributed by atoms with Crippen LogP contribution in [0.25, 0.3) is 27.5 Å². The molecule has 2 bridgehead atoms. The van der Waals surface area contributed by atoms with Crippen LogP contribution < -0.4 is 5.32 Å². The first-order valence-corrected chi connectivity index (χ1v) is 12.5. The van der Waals surface area contributed by atoms with Crippen molar-refractivity contribution in [2.75, 3.05) is 19.6 Å². The predicted molar refractivity (Wildman–Crippen MR) is 139 cm³/mol. The summed E-state index contributed by atoms with van der Waals surface area (Å²) in [6.07, 6.45) is 4.41. The molecule has 7 rings (SSSR count). The van der Waals surface area contributed by atoms with Crippen molar-refractivity contribution in [1.29, 1.82) is 0 Å². The molecule has 34 heavy (non-hydrogen) atoms. The summed E-state index contributed by atoms with van der Waals surface area (Å²) in [5.41, 5.74) is 6.69. The minimum atomic E-state index is 0.0422. The third-order valence-corrected chi connectivity index (χ3v) is 7.89. The summed E-state index contributed by atoms with van der Waals surface area (Å²) < 4.78 is 2.19. The number of nitrogens with zero attached hydrogens (tertiary/aromatic N) is 2. The fraction of sp³-hybridized carbons (Fsp3) is 0.367. The van der Waals surface area contributed by atoms with Gasteiger partial charge in [0, 0.05) is 24.3 Å². The van der Waals surface area contributed by atoms with E-state index in [2.05, 4.69) is 96.1 Å². The van der Waals surface area contributed by atoms with Gasteiger partial charge in [-0.1, -0.05) is 63.2 Å². The monoisotopic (exact) mass is 451 g/mol. The van der Waals surface area contributed by atoms with Crippen LogP contribution in [-0.2, 0) is 5.41 Å². The van der Waals surface area contributed by atoms with Crippen LogP contribution in [0.3, 0.4) is 0 Å². The quantitative estimate of drug-likeness (QED) is 0.422. The minimum absolute atomic E-state index is 0.0422. The van der Waals surface area contributed by atoms with Crippen LogP contribution in [0.2, 0.25) is 0 Å². The fourth-order valence-corrected chi connectivity index (χ4v) is 5.81. The molecule has 3 aliphatic heterocycles. The average molecular weight is 452 g/mol. The SMILES string of the molecule is CC(C)(C)c1ccc(-c2cc3ccccc3n3cc(C(=O)N[C@H]4CN5CCC4CC5)cc23)cc1. The van der Waals surface area contributed by atoms with E-state index in [0.717, 1.165) is 28.7 Å². The second kappa shape index (κ2) is 7.99. The number of aromatic nitrogens is 1. The Bertz CT molecular complexity index is 1370. The molecule has 1 amide bonds. The van der Waals surface area contributed by atoms with Crippen LogP contribution in [-0.4, -0.2) is 40.9 Å². The molecule has 4 aromatic rings. The van der Waals surface area contributed by atoms with E-state index in [-0.39, 0.29) is 17.4 Å². The number of rotatable bonds is 3. The lowest BCUT2D eigenvalue weighted by Gasteiger charge is -2.44. The predicted octanol–water partition coefficient (Wildman–Crippen LogP) is 5.88. The first-order chi connectivity index (χ1) is 16.4.